The summed E-state index contributed by atoms with van der Waals surface area (Å²) in [7, 11) is -3.78. The Labute approximate surface area is 109 Å². The molecule has 1 N–H and O–H groups in total. The molecule has 1 saturated carbocycles. The van der Waals surface area contributed by atoms with Crippen LogP contribution >= 0.6 is 15.9 Å². The highest BCUT2D eigenvalue weighted by Gasteiger charge is 2.40. The minimum absolute atomic E-state index is 0.285. The molecule has 0 bridgehead atoms. The summed E-state index contributed by atoms with van der Waals surface area (Å²) >= 11 is 3.31. The van der Waals surface area contributed by atoms with E-state index in [9.17, 15) is 12.8 Å². The third kappa shape index (κ3) is 2.53. The maximum absolute atomic E-state index is 13.5. The molecule has 0 heterocycles. The molecule has 3 nitrogen and oxygen atoms in total. The molecular formula is C11H13BrFNO2S. The molecule has 0 unspecified atom stereocenters. The van der Waals surface area contributed by atoms with E-state index >= 15 is 0 Å². The molecule has 1 aliphatic rings. The first kappa shape index (κ1) is 13.0. The van der Waals surface area contributed by atoms with Crippen molar-refractivity contribution in [1.82, 2.24) is 4.72 Å². The second-order valence-electron chi connectivity index (χ2n) is 4.30. The van der Waals surface area contributed by atoms with Gasteiger partial charge in [-0.3, -0.25) is 0 Å². The Morgan fingerprint density at radius 3 is 2.47 bits per heavy atom. The lowest BCUT2D eigenvalue weighted by Gasteiger charge is -2.40. The van der Waals surface area contributed by atoms with Crippen molar-refractivity contribution in [3.05, 3.63) is 30.1 Å². The van der Waals surface area contributed by atoms with Gasteiger partial charge in [-0.15, -0.1) is 0 Å². The minimum atomic E-state index is -3.78. The molecule has 0 spiro atoms. The molecule has 0 atom stereocenters. The molecule has 0 aliphatic heterocycles. The molecule has 1 aromatic carbocycles. The van der Waals surface area contributed by atoms with Crippen LogP contribution in [0.4, 0.5) is 4.39 Å². The third-order valence-corrected chi connectivity index (χ3v) is 5.73. The van der Waals surface area contributed by atoms with Crippen molar-refractivity contribution >= 4 is 26.0 Å². The number of benzene rings is 1. The SMILES string of the molecule is O=S(=O)(NC1(CBr)CCC1)c1ccccc1F. The van der Waals surface area contributed by atoms with Crippen molar-refractivity contribution in [3.8, 4) is 0 Å². The van der Waals surface area contributed by atoms with Crippen molar-refractivity contribution in [2.24, 2.45) is 0 Å². The Balaban J connectivity index is 2.29. The number of nitrogens with one attached hydrogen (secondary N) is 1. The number of sulfonamides is 1. The van der Waals surface area contributed by atoms with Crippen LogP contribution in [0, 0.1) is 5.82 Å². The predicted octanol–water partition coefficient (Wildman–Crippen LogP) is 2.42. The fraction of sp³-hybridized carbons (Fsp3) is 0.455. The summed E-state index contributed by atoms with van der Waals surface area (Å²) < 4.78 is 40.2. The Kier molecular flexibility index (Phi) is 3.56. The van der Waals surface area contributed by atoms with E-state index < -0.39 is 21.4 Å². The van der Waals surface area contributed by atoms with Gasteiger partial charge in [-0.2, -0.15) is 0 Å². The van der Waals surface area contributed by atoms with Gasteiger partial charge in [0.15, 0.2) is 0 Å². The lowest BCUT2D eigenvalue weighted by molar-refractivity contribution is 0.255. The van der Waals surface area contributed by atoms with Crippen LogP contribution < -0.4 is 4.72 Å². The normalized spacial score (nSPS) is 18.7. The molecule has 0 radical (unpaired) electrons. The van der Waals surface area contributed by atoms with Crippen LogP contribution in [-0.2, 0) is 10.0 Å². The van der Waals surface area contributed by atoms with Crippen LogP contribution in [0.5, 0.6) is 0 Å². The van der Waals surface area contributed by atoms with Gasteiger partial charge in [0.05, 0.1) is 0 Å². The monoisotopic (exact) mass is 321 g/mol. The number of rotatable bonds is 4. The van der Waals surface area contributed by atoms with Crippen LogP contribution in [-0.4, -0.2) is 19.3 Å². The fourth-order valence-corrected chi connectivity index (χ4v) is 4.29. The number of hydrogen-bond acceptors (Lipinski definition) is 2. The minimum Gasteiger partial charge on any atom is -0.207 e. The van der Waals surface area contributed by atoms with Crippen LogP contribution in [0.15, 0.2) is 29.2 Å². The highest BCUT2D eigenvalue weighted by Crippen LogP contribution is 2.35. The first-order valence-electron chi connectivity index (χ1n) is 5.34. The smallest absolute Gasteiger partial charge is 0.207 e. The molecular weight excluding hydrogens is 309 g/mol. The van der Waals surface area contributed by atoms with Gasteiger partial charge in [0, 0.05) is 10.9 Å². The van der Waals surface area contributed by atoms with Gasteiger partial charge in [0.25, 0.3) is 0 Å². The van der Waals surface area contributed by atoms with Gasteiger partial charge in [0.1, 0.15) is 10.7 Å². The molecule has 0 amide bonds. The molecule has 17 heavy (non-hydrogen) atoms. The Hall–Kier alpha value is -0.460. The van der Waals surface area contributed by atoms with Crippen molar-refractivity contribution < 1.29 is 12.8 Å². The molecule has 1 aliphatic carbocycles. The van der Waals surface area contributed by atoms with E-state index in [0.717, 1.165) is 25.3 Å². The maximum atomic E-state index is 13.5. The predicted molar refractivity (Wildman–Crippen MR) is 67.1 cm³/mol. The van der Waals surface area contributed by atoms with Crippen LogP contribution in [0.3, 0.4) is 0 Å². The van der Waals surface area contributed by atoms with E-state index in [1.807, 2.05) is 0 Å². The first-order valence-corrected chi connectivity index (χ1v) is 7.94. The van der Waals surface area contributed by atoms with E-state index in [4.69, 9.17) is 0 Å². The van der Waals surface area contributed by atoms with Crippen molar-refractivity contribution in [1.29, 1.82) is 0 Å². The molecule has 94 valence electrons. The summed E-state index contributed by atoms with van der Waals surface area (Å²) in [6, 6.07) is 5.41. The lowest BCUT2D eigenvalue weighted by Crippen LogP contribution is -2.54. The average Bonchev–Trinajstić information content (AvgIpc) is 2.24. The van der Waals surface area contributed by atoms with Gasteiger partial charge in [-0.05, 0) is 31.4 Å². The average molecular weight is 322 g/mol. The first-order chi connectivity index (χ1) is 7.99. The second kappa shape index (κ2) is 4.66. The zero-order valence-electron chi connectivity index (χ0n) is 9.12. The summed E-state index contributed by atoms with van der Waals surface area (Å²) in [5, 5.41) is 0.549. The zero-order valence-corrected chi connectivity index (χ0v) is 11.5. The highest BCUT2D eigenvalue weighted by atomic mass is 79.9. The molecule has 0 aromatic heterocycles. The van der Waals surface area contributed by atoms with E-state index in [0.29, 0.717) is 5.33 Å². The van der Waals surface area contributed by atoms with Crippen molar-refractivity contribution in [2.45, 2.75) is 29.7 Å². The topological polar surface area (TPSA) is 46.2 Å². The van der Waals surface area contributed by atoms with Gasteiger partial charge in [-0.25, -0.2) is 17.5 Å². The summed E-state index contributed by atoms with van der Waals surface area (Å²) in [5.41, 5.74) is -0.443. The van der Waals surface area contributed by atoms with Gasteiger partial charge in [0.2, 0.25) is 10.0 Å². The summed E-state index contributed by atoms with van der Waals surface area (Å²) in [4.78, 5) is -0.285. The fourth-order valence-electron chi connectivity index (χ4n) is 1.87. The molecule has 0 saturated heterocycles. The summed E-state index contributed by atoms with van der Waals surface area (Å²) in [6.45, 7) is 0. The quantitative estimate of drug-likeness (QED) is 0.866. The van der Waals surface area contributed by atoms with Gasteiger partial charge >= 0.3 is 0 Å². The van der Waals surface area contributed by atoms with E-state index in [1.54, 1.807) is 0 Å². The third-order valence-electron chi connectivity index (χ3n) is 3.04. The largest absolute Gasteiger partial charge is 0.244 e. The Bertz CT molecular complexity index is 508. The van der Waals surface area contributed by atoms with E-state index in [2.05, 4.69) is 20.7 Å². The molecule has 2 rings (SSSR count). The number of halogens is 2. The summed E-state index contributed by atoms with van der Waals surface area (Å²) in [6.07, 6.45) is 2.56. The lowest BCUT2D eigenvalue weighted by atomic mass is 9.80. The zero-order chi connectivity index (χ0) is 12.5. The van der Waals surface area contributed by atoms with Crippen molar-refractivity contribution in [2.75, 3.05) is 5.33 Å². The van der Waals surface area contributed by atoms with Crippen LogP contribution in [0.2, 0.25) is 0 Å². The van der Waals surface area contributed by atoms with Gasteiger partial charge < -0.3 is 0 Å². The van der Waals surface area contributed by atoms with E-state index in [1.165, 1.54) is 18.2 Å². The molecule has 1 aromatic rings. The molecule has 6 heteroatoms. The van der Waals surface area contributed by atoms with Gasteiger partial charge in [-0.1, -0.05) is 28.1 Å². The van der Waals surface area contributed by atoms with E-state index in [-0.39, 0.29) is 4.90 Å². The molecule has 1 fully saturated rings. The standard InChI is InChI=1S/C11H13BrFNO2S/c12-8-11(6-3-7-11)14-17(15,16)10-5-2-1-4-9(10)13/h1-2,4-5,14H,3,6-8H2. The Morgan fingerprint density at radius 2 is 2.00 bits per heavy atom. The second-order valence-corrected chi connectivity index (χ2v) is 6.51. The van der Waals surface area contributed by atoms with Crippen LogP contribution in [0.1, 0.15) is 19.3 Å². The van der Waals surface area contributed by atoms with Crippen molar-refractivity contribution in [3.63, 3.8) is 0 Å². The number of hydrogen-bond donors (Lipinski definition) is 1. The van der Waals surface area contributed by atoms with Crippen LogP contribution in [0.25, 0.3) is 0 Å². The maximum Gasteiger partial charge on any atom is 0.244 e. The summed E-state index contributed by atoms with van der Waals surface area (Å²) in [5.74, 6) is -0.718. The number of alkyl halides is 1. The Morgan fingerprint density at radius 1 is 1.35 bits per heavy atom. The highest BCUT2D eigenvalue weighted by molar-refractivity contribution is 9.09.